The van der Waals surface area contributed by atoms with Crippen LogP contribution in [0.15, 0.2) is 18.2 Å². The zero-order chi connectivity index (χ0) is 15.7. The summed E-state index contributed by atoms with van der Waals surface area (Å²) in [7, 11) is 0. The lowest BCUT2D eigenvalue weighted by Crippen LogP contribution is -2.13. The first-order valence-electron chi connectivity index (χ1n) is 6.27. The Labute approximate surface area is 121 Å². The summed E-state index contributed by atoms with van der Waals surface area (Å²) in [5.41, 5.74) is 0.142. The number of nitro groups is 1. The molecule has 1 rings (SSSR count). The van der Waals surface area contributed by atoms with Crippen LogP contribution in [0.1, 0.15) is 23.2 Å². The fourth-order valence-electron chi connectivity index (χ4n) is 1.55. The van der Waals surface area contributed by atoms with E-state index in [9.17, 15) is 14.9 Å². The number of esters is 1. The second-order valence-electron chi connectivity index (χ2n) is 4.03. The molecule has 0 radical (unpaired) electrons. The van der Waals surface area contributed by atoms with Crippen molar-refractivity contribution in [3.05, 3.63) is 33.9 Å². The average molecular weight is 293 g/mol. The molecule has 0 aliphatic rings. The zero-order valence-corrected chi connectivity index (χ0v) is 11.2. The van der Waals surface area contributed by atoms with E-state index in [1.54, 1.807) is 0 Å². The van der Waals surface area contributed by atoms with Crippen LogP contribution < -0.4 is 5.32 Å². The number of anilines is 1. The molecule has 0 aromatic heterocycles. The summed E-state index contributed by atoms with van der Waals surface area (Å²) in [6.07, 6.45) is 0.661. The average Bonchev–Trinajstić information content (AvgIpc) is 2.49. The van der Waals surface area contributed by atoms with Crippen molar-refractivity contribution in [1.82, 2.24) is 0 Å². The van der Waals surface area contributed by atoms with Crippen LogP contribution in [0.25, 0.3) is 0 Å². The van der Waals surface area contributed by atoms with Gasteiger partial charge in [0.25, 0.3) is 5.69 Å². The highest BCUT2D eigenvalue weighted by atomic mass is 16.6. The molecule has 0 aliphatic heterocycles. The first-order valence-corrected chi connectivity index (χ1v) is 6.27. The molecule has 0 atom stereocenters. The molecule has 112 valence electrons. The molecule has 1 aromatic carbocycles. The van der Waals surface area contributed by atoms with Gasteiger partial charge in [-0.15, -0.1) is 0 Å². The van der Waals surface area contributed by atoms with E-state index in [0.29, 0.717) is 12.1 Å². The Hall–Kier alpha value is -2.66. The van der Waals surface area contributed by atoms with Crippen LogP contribution in [0.2, 0.25) is 0 Å². The number of non-ortho nitro benzene ring substituents is 1. The summed E-state index contributed by atoms with van der Waals surface area (Å²) in [5, 5.41) is 30.7. The number of nitrogens with one attached hydrogen (secondary N) is 1. The zero-order valence-electron chi connectivity index (χ0n) is 11.2. The van der Waals surface area contributed by atoms with Gasteiger partial charge in [-0.05, 0) is 12.5 Å². The molecular weight excluding hydrogens is 278 g/mol. The molecule has 0 amide bonds. The Bertz CT molecular complexity index is 553. The molecule has 0 heterocycles. The van der Waals surface area contributed by atoms with Gasteiger partial charge in [-0.25, -0.2) is 4.79 Å². The molecular formula is C13H15N3O5. The van der Waals surface area contributed by atoms with Gasteiger partial charge in [0.1, 0.15) is 0 Å². The molecule has 8 heteroatoms. The summed E-state index contributed by atoms with van der Waals surface area (Å²) >= 11 is 0. The van der Waals surface area contributed by atoms with Crippen LogP contribution in [0.5, 0.6) is 0 Å². The Morgan fingerprint density at radius 2 is 2.29 bits per heavy atom. The van der Waals surface area contributed by atoms with Crippen LogP contribution in [-0.4, -0.2) is 35.8 Å². The van der Waals surface area contributed by atoms with E-state index in [-0.39, 0.29) is 37.4 Å². The molecule has 8 nitrogen and oxygen atoms in total. The van der Waals surface area contributed by atoms with E-state index < -0.39 is 10.9 Å². The predicted octanol–water partition coefficient (Wildman–Crippen LogP) is 1.46. The topological polar surface area (TPSA) is 125 Å². The lowest BCUT2D eigenvalue weighted by Gasteiger charge is -2.10. The van der Waals surface area contributed by atoms with Crippen LogP contribution in [0.4, 0.5) is 11.4 Å². The smallest absolute Gasteiger partial charge is 0.340 e. The van der Waals surface area contributed by atoms with Gasteiger partial charge in [0.15, 0.2) is 0 Å². The Morgan fingerprint density at radius 3 is 2.90 bits per heavy atom. The van der Waals surface area contributed by atoms with Crippen LogP contribution in [0, 0.1) is 21.4 Å². The number of carbonyl (C=O) groups excluding carboxylic acids is 1. The van der Waals surface area contributed by atoms with Gasteiger partial charge in [-0.3, -0.25) is 10.1 Å². The molecule has 0 saturated carbocycles. The lowest BCUT2D eigenvalue weighted by molar-refractivity contribution is -0.384. The number of unbranched alkanes of at least 4 members (excludes halogenated alkanes) is 1. The van der Waals surface area contributed by atoms with E-state index in [2.05, 4.69) is 5.32 Å². The molecule has 0 unspecified atom stereocenters. The van der Waals surface area contributed by atoms with Gasteiger partial charge in [0.05, 0.1) is 29.8 Å². The molecule has 1 aromatic rings. The van der Waals surface area contributed by atoms with Crippen LogP contribution in [0.3, 0.4) is 0 Å². The van der Waals surface area contributed by atoms with Crippen molar-refractivity contribution < 1.29 is 19.6 Å². The third kappa shape index (κ3) is 5.08. The Morgan fingerprint density at radius 1 is 1.52 bits per heavy atom. The molecule has 2 N–H and O–H groups in total. The molecule has 0 bridgehead atoms. The minimum absolute atomic E-state index is 0.0228. The van der Waals surface area contributed by atoms with Gasteiger partial charge in [-0.2, -0.15) is 5.26 Å². The van der Waals surface area contributed by atoms with Crippen molar-refractivity contribution >= 4 is 17.3 Å². The van der Waals surface area contributed by atoms with Crippen LogP contribution in [-0.2, 0) is 4.74 Å². The summed E-state index contributed by atoms with van der Waals surface area (Å²) in [5.74, 6) is -0.711. The number of benzene rings is 1. The Kier molecular flexibility index (Phi) is 6.63. The lowest BCUT2D eigenvalue weighted by atomic mass is 10.1. The minimum atomic E-state index is -0.711. The minimum Gasteiger partial charge on any atom is -0.462 e. The number of hydrogen-bond acceptors (Lipinski definition) is 7. The summed E-state index contributed by atoms with van der Waals surface area (Å²) in [6, 6.07) is 5.69. The van der Waals surface area contributed by atoms with Gasteiger partial charge >= 0.3 is 5.97 Å². The number of aliphatic hydroxyl groups is 1. The van der Waals surface area contributed by atoms with Gasteiger partial charge in [0, 0.05) is 30.8 Å². The number of nitro benzene ring substituents is 1. The van der Waals surface area contributed by atoms with Crippen molar-refractivity contribution in [2.75, 3.05) is 25.1 Å². The van der Waals surface area contributed by atoms with E-state index in [0.717, 1.165) is 6.07 Å². The third-order valence-corrected chi connectivity index (χ3v) is 2.53. The Balaban J connectivity index is 2.88. The number of ether oxygens (including phenoxy) is 1. The SMILES string of the molecule is N#CCCCOC(=O)c1cc([N+](=O)[O-])ccc1NCCO. The summed E-state index contributed by atoms with van der Waals surface area (Å²) in [6.45, 7) is 0.120. The maximum Gasteiger partial charge on any atom is 0.340 e. The first kappa shape index (κ1) is 16.4. The first-order chi connectivity index (χ1) is 10.1. The summed E-state index contributed by atoms with van der Waals surface area (Å²) < 4.78 is 4.97. The number of rotatable bonds is 8. The highest BCUT2D eigenvalue weighted by Crippen LogP contribution is 2.23. The van der Waals surface area contributed by atoms with Gasteiger partial charge in [0.2, 0.25) is 0 Å². The molecule has 0 spiro atoms. The second-order valence-corrected chi connectivity index (χ2v) is 4.03. The van der Waals surface area contributed by atoms with Gasteiger partial charge in [-0.1, -0.05) is 0 Å². The number of carbonyl (C=O) groups is 1. The number of hydrogen-bond donors (Lipinski definition) is 2. The summed E-state index contributed by atoms with van der Waals surface area (Å²) in [4.78, 5) is 22.1. The number of nitrogens with zero attached hydrogens (tertiary/aromatic N) is 2. The predicted molar refractivity (Wildman–Crippen MR) is 73.8 cm³/mol. The maximum atomic E-state index is 11.9. The number of aliphatic hydroxyl groups excluding tert-OH is 1. The molecule has 0 fully saturated rings. The van der Waals surface area contributed by atoms with Crippen molar-refractivity contribution in [1.29, 1.82) is 5.26 Å². The van der Waals surface area contributed by atoms with E-state index in [1.807, 2.05) is 6.07 Å². The number of nitriles is 1. The highest BCUT2D eigenvalue weighted by Gasteiger charge is 2.17. The molecule has 21 heavy (non-hydrogen) atoms. The fraction of sp³-hybridized carbons (Fsp3) is 0.385. The second kappa shape index (κ2) is 8.50. The van der Waals surface area contributed by atoms with Crippen LogP contribution >= 0.6 is 0 Å². The molecule has 0 aliphatic carbocycles. The quantitative estimate of drug-likeness (QED) is 0.321. The fourth-order valence-corrected chi connectivity index (χ4v) is 1.55. The monoisotopic (exact) mass is 293 g/mol. The van der Waals surface area contributed by atoms with Gasteiger partial charge < -0.3 is 15.2 Å². The van der Waals surface area contributed by atoms with E-state index >= 15 is 0 Å². The van der Waals surface area contributed by atoms with Crippen molar-refractivity contribution in [3.63, 3.8) is 0 Å². The van der Waals surface area contributed by atoms with Crippen molar-refractivity contribution in [2.24, 2.45) is 0 Å². The standard InChI is InChI=1S/C13H15N3O5/c14-5-1-2-8-21-13(18)11-9-10(16(19)20)3-4-12(11)15-6-7-17/h3-4,9,15,17H,1-2,6-8H2. The van der Waals surface area contributed by atoms with Crippen molar-refractivity contribution in [2.45, 2.75) is 12.8 Å². The van der Waals surface area contributed by atoms with Crippen molar-refractivity contribution in [3.8, 4) is 6.07 Å². The third-order valence-electron chi connectivity index (χ3n) is 2.53. The van der Waals surface area contributed by atoms with E-state index in [4.69, 9.17) is 15.1 Å². The maximum absolute atomic E-state index is 11.9. The highest BCUT2D eigenvalue weighted by molar-refractivity contribution is 5.96. The normalized spacial score (nSPS) is 9.71. The largest absolute Gasteiger partial charge is 0.462 e. The molecule has 0 saturated heterocycles. The van der Waals surface area contributed by atoms with E-state index in [1.165, 1.54) is 12.1 Å².